The number of methoxy groups -OCH3 is 1. The van der Waals surface area contributed by atoms with Crippen LogP contribution in [-0.2, 0) is 11.3 Å². The molecule has 0 aliphatic heterocycles. The largest absolute Gasteiger partial charge is 0.383 e. The maximum absolute atomic E-state index is 5.14. The number of hydrogen-bond acceptors (Lipinski definition) is 3. The number of nitrogens with zero attached hydrogens (tertiary/aromatic N) is 2. The molecule has 1 aliphatic rings. The Morgan fingerprint density at radius 1 is 1.56 bits per heavy atom. The first-order valence-electron chi connectivity index (χ1n) is 6.69. The maximum Gasteiger partial charge on any atom is 0.0658 e. The Hall–Kier alpha value is -0.390. The minimum absolute atomic E-state index is 0.614. The van der Waals surface area contributed by atoms with Gasteiger partial charge in [-0.15, -0.1) is 0 Å². The van der Waals surface area contributed by atoms with Crippen LogP contribution in [0.1, 0.15) is 37.8 Å². The van der Waals surface area contributed by atoms with Crippen LogP contribution < -0.4 is 5.32 Å². The monoisotopic (exact) mass is 315 g/mol. The van der Waals surface area contributed by atoms with E-state index < -0.39 is 0 Å². The third kappa shape index (κ3) is 3.13. The predicted molar refractivity (Wildman–Crippen MR) is 75.9 cm³/mol. The minimum atomic E-state index is 0.614. The molecule has 4 nitrogen and oxygen atoms in total. The fourth-order valence-electron chi connectivity index (χ4n) is 2.84. The van der Waals surface area contributed by atoms with E-state index in [-0.39, 0.29) is 0 Å². The summed E-state index contributed by atoms with van der Waals surface area (Å²) in [4.78, 5) is 0. The van der Waals surface area contributed by atoms with E-state index in [9.17, 15) is 0 Å². The maximum atomic E-state index is 5.14. The molecule has 0 amide bonds. The summed E-state index contributed by atoms with van der Waals surface area (Å²) in [6.07, 6.45) is 5.63. The van der Waals surface area contributed by atoms with Crippen molar-refractivity contribution in [3.8, 4) is 0 Å². The van der Waals surface area contributed by atoms with E-state index >= 15 is 0 Å². The molecule has 0 saturated heterocycles. The Balaban J connectivity index is 2.06. The van der Waals surface area contributed by atoms with Gasteiger partial charge in [0.15, 0.2) is 0 Å². The summed E-state index contributed by atoms with van der Waals surface area (Å²) in [6, 6.07) is 0.665. The fourth-order valence-corrected chi connectivity index (χ4v) is 3.46. The van der Waals surface area contributed by atoms with Crippen molar-refractivity contribution in [1.82, 2.24) is 15.1 Å². The van der Waals surface area contributed by atoms with E-state index in [0.29, 0.717) is 18.6 Å². The summed E-state index contributed by atoms with van der Waals surface area (Å²) in [6.45, 7) is 4.78. The normalized spacial score (nSPS) is 23.7. The molecule has 1 aliphatic carbocycles. The molecule has 102 valence electrons. The van der Waals surface area contributed by atoms with Crippen LogP contribution in [0.25, 0.3) is 0 Å². The van der Waals surface area contributed by atoms with E-state index in [1.165, 1.54) is 25.0 Å². The molecule has 1 heterocycles. The van der Waals surface area contributed by atoms with Gasteiger partial charge in [0.05, 0.1) is 29.5 Å². The number of aromatic nitrogens is 2. The molecule has 1 aromatic heterocycles. The van der Waals surface area contributed by atoms with E-state index in [0.717, 1.165) is 17.6 Å². The summed E-state index contributed by atoms with van der Waals surface area (Å²) in [7, 11) is 1.73. The minimum Gasteiger partial charge on any atom is -0.383 e. The summed E-state index contributed by atoms with van der Waals surface area (Å²) in [5.74, 6) is 0.614. The van der Waals surface area contributed by atoms with Crippen LogP contribution in [0.3, 0.4) is 0 Å². The van der Waals surface area contributed by atoms with Gasteiger partial charge in [-0.05, 0) is 41.7 Å². The number of rotatable bonds is 6. The van der Waals surface area contributed by atoms with Crippen LogP contribution in [0.15, 0.2) is 10.7 Å². The standard InChI is InChI=1S/C13H22BrN3O/c1-3-15-11-5-4-10(8-11)13-12(14)9-16-17(13)6-7-18-2/h9-11,15H,3-8H2,1-2H3. The first-order chi connectivity index (χ1) is 8.76. The van der Waals surface area contributed by atoms with E-state index in [1.807, 2.05) is 6.20 Å². The summed E-state index contributed by atoms with van der Waals surface area (Å²) in [5, 5.41) is 7.99. The number of nitrogens with one attached hydrogen (secondary N) is 1. The zero-order chi connectivity index (χ0) is 13.0. The first-order valence-corrected chi connectivity index (χ1v) is 7.49. The van der Waals surface area contributed by atoms with Crippen LogP contribution in [0.4, 0.5) is 0 Å². The lowest BCUT2D eigenvalue weighted by molar-refractivity contribution is 0.182. The number of halogens is 1. The van der Waals surface area contributed by atoms with Gasteiger partial charge in [0.25, 0.3) is 0 Å². The SMILES string of the molecule is CCNC1CCC(c2c(Br)cnn2CCOC)C1. The van der Waals surface area contributed by atoms with Crippen molar-refractivity contribution < 1.29 is 4.74 Å². The molecule has 1 fully saturated rings. The van der Waals surface area contributed by atoms with Gasteiger partial charge in [0.1, 0.15) is 0 Å². The zero-order valence-electron chi connectivity index (χ0n) is 11.2. The average Bonchev–Trinajstić information content (AvgIpc) is 2.94. The van der Waals surface area contributed by atoms with Gasteiger partial charge in [-0.1, -0.05) is 6.92 Å². The Morgan fingerprint density at radius 2 is 2.39 bits per heavy atom. The third-order valence-electron chi connectivity index (χ3n) is 3.65. The molecule has 1 aromatic rings. The van der Waals surface area contributed by atoms with Crippen molar-refractivity contribution in [2.24, 2.45) is 0 Å². The third-order valence-corrected chi connectivity index (χ3v) is 4.26. The molecule has 0 spiro atoms. The van der Waals surface area contributed by atoms with Crippen molar-refractivity contribution in [3.63, 3.8) is 0 Å². The van der Waals surface area contributed by atoms with Crippen LogP contribution in [-0.4, -0.2) is 36.1 Å². The summed E-state index contributed by atoms with van der Waals surface area (Å²) in [5.41, 5.74) is 1.34. The van der Waals surface area contributed by atoms with Crippen molar-refractivity contribution >= 4 is 15.9 Å². The molecule has 2 unspecified atom stereocenters. The van der Waals surface area contributed by atoms with Gasteiger partial charge in [-0.25, -0.2) is 0 Å². The van der Waals surface area contributed by atoms with Gasteiger partial charge in [0, 0.05) is 19.1 Å². The lowest BCUT2D eigenvalue weighted by Gasteiger charge is -2.15. The highest BCUT2D eigenvalue weighted by Gasteiger charge is 2.29. The van der Waals surface area contributed by atoms with Gasteiger partial charge in [0.2, 0.25) is 0 Å². The van der Waals surface area contributed by atoms with Crippen molar-refractivity contribution in [2.75, 3.05) is 20.3 Å². The quantitative estimate of drug-likeness (QED) is 0.876. The van der Waals surface area contributed by atoms with Crippen molar-refractivity contribution in [1.29, 1.82) is 0 Å². The van der Waals surface area contributed by atoms with Gasteiger partial charge >= 0.3 is 0 Å². The number of hydrogen-bond donors (Lipinski definition) is 1. The smallest absolute Gasteiger partial charge is 0.0658 e. The highest BCUT2D eigenvalue weighted by molar-refractivity contribution is 9.10. The average molecular weight is 316 g/mol. The zero-order valence-corrected chi connectivity index (χ0v) is 12.7. The number of ether oxygens (including phenoxy) is 1. The van der Waals surface area contributed by atoms with Crippen LogP contribution in [0.2, 0.25) is 0 Å². The second-order valence-electron chi connectivity index (χ2n) is 4.86. The Bertz CT molecular complexity index is 380. The predicted octanol–water partition coefficient (Wildman–Crippen LogP) is 2.54. The Labute approximate surface area is 117 Å². The van der Waals surface area contributed by atoms with Gasteiger partial charge < -0.3 is 10.1 Å². The van der Waals surface area contributed by atoms with Gasteiger partial charge in [-0.2, -0.15) is 5.10 Å². The topological polar surface area (TPSA) is 39.1 Å². The lowest BCUT2D eigenvalue weighted by Crippen LogP contribution is -2.25. The van der Waals surface area contributed by atoms with Crippen LogP contribution in [0.5, 0.6) is 0 Å². The van der Waals surface area contributed by atoms with Crippen LogP contribution in [0, 0.1) is 0 Å². The molecule has 18 heavy (non-hydrogen) atoms. The lowest BCUT2D eigenvalue weighted by atomic mass is 10.0. The first kappa shape index (κ1) is 14.0. The van der Waals surface area contributed by atoms with E-state index in [2.05, 4.69) is 38.0 Å². The van der Waals surface area contributed by atoms with Crippen molar-refractivity contribution in [2.45, 2.75) is 44.7 Å². The Kier molecular flexibility index (Phi) is 5.21. The second-order valence-corrected chi connectivity index (χ2v) is 5.71. The molecular formula is C13H22BrN3O. The molecule has 2 rings (SSSR count). The molecule has 5 heteroatoms. The summed E-state index contributed by atoms with van der Waals surface area (Å²) >= 11 is 3.63. The molecule has 0 bridgehead atoms. The van der Waals surface area contributed by atoms with Crippen molar-refractivity contribution in [3.05, 3.63) is 16.4 Å². The molecule has 1 saturated carbocycles. The molecule has 0 aromatic carbocycles. The van der Waals surface area contributed by atoms with Crippen LogP contribution >= 0.6 is 15.9 Å². The molecule has 0 radical (unpaired) electrons. The van der Waals surface area contributed by atoms with E-state index in [4.69, 9.17) is 4.74 Å². The molecule has 1 N–H and O–H groups in total. The highest BCUT2D eigenvalue weighted by atomic mass is 79.9. The second kappa shape index (κ2) is 6.68. The Morgan fingerprint density at radius 3 is 3.11 bits per heavy atom. The molecular weight excluding hydrogens is 294 g/mol. The summed E-state index contributed by atoms with van der Waals surface area (Å²) < 4.78 is 8.37. The fraction of sp³-hybridized carbons (Fsp3) is 0.769. The van der Waals surface area contributed by atoms with E-state index in [1.54, 1.807) is 7.11 Å². The highest BCUT2D eigenvalue weighted by Crippen LogP contribution is 2.37. The van der Waals surface area contributed by atoms with Gasteiger partial charge in [-0.3, -0.25) is 4.68 Å². The molecule has 2 atom stereocenters.